The first-order valence-corrected chi connectivity index (χ1v) is 15.8. The highest BCUT2D eigenvalue weighted by molar-refractivity contribution is 6.76. The largest absolute Gasteiger partial charge is 0.362 e. The Kier molecular flexibility index (Phi) is 7.82. The monoisotopic (exact) mass is 484 g/mol. The number of fused-ring (bicyclic) bond motifs is 1. The van der Waals surface area contributed by atoms with Crippen molar-refractivity contribution in [2.24, 2.45) is 11.3 Å². The second-order valence-electron chi connectivity index (χ2n) is 10.9. The molecule has 3 fully saturated rings. The molecule has 0 radical (unpaired) electrons. The predicted molar refractivity (Wildman–Crippen MR) is 123 cm³/mol. The van der Waals surface area contributed by atoms with E-state index in [9.17, 15) is 4.79 Å². The van der Waals surface area contributed by atoms with E-state index in [0.29, 0.717) is 19.4 Å². The summed E-state index contributed by atoms with van der Waals surface area (Å²) in [6, 6.07) is 1.07. The quantitative estimate of drug-likeness (QED) is 0.181. The van der Waals surface area contributed by atoms with Crippen molar-refractivity contribution in [1.82, 2.24) is 0 Å². The topological polar surface area (TPSA) is 85.0 Å². The maximum absolute atomic E-state index is 13.7. The van der Waals surface area contributed by atoms with Gasteiger partial charge in [0, 0.05) is 28.9 Å². The van der Waals surface area contributed by atoms with Crippen molar-refractivity contribution in [2.45, 2.75) is 81.4 Å². The summed E-state index contributed by atoms with van der Waals surface area (Å²) < 4.78 is 41.6. The highest BCUT2D eigenvalue weighted by Crippen LogP contribution is 2.69. The van der Waals surface area contributed by atoms with Crippen LogP contribution in [0.4, 0.5) is 0 Å². The summed E-state index contributed by atoms with van der Waals surface area (Å²) in [5.74, 6) is 0.140. The Bertz CT molecular complexity index is 724. The van der Waals surface area contributed by atoms with E-state index in [1.807, 2.05) is 6.08 Å². The molecule has 33 heavy (non-hydrogen) atoms. The van der Waals surface area contributed by atoms with Crippen molar-refractivity contribution in [3.63, 3.8) is 0 Å². The van der Waals surface area contributed by atoms with Crippen LogP contribution in [0.15, 0.2) is 12.2 Å². The van der Waals surface area contributed by atoms with E-state index in [4.69, 9.17) is 33.2 Å². The van der Waals surface area contributed by atoms with Gasteiger partial charge in [-0.15, -0.1) is 0 Å². The average Bonchev–Trinajstić information content (AvgIpc) is 3.44. The lowest BCUT2D eigenvalue weighted by molar-refractivity contribution is -0.199. The van der Waals surface area contributed by atoms with Crippen molar-refractivity contribution in [3.8, 4) is 0 Å². The molecule has 0 aromatic carbocycles. The predicted octanol–water partition coefficient (Wildman–Crippen LogP) is 3.13. The van der Waals surface area contributed by atoms with E-state index in [1.54, 1.807) is 20.3 Å². The second-order valence-corrected chi connectivity index (χ2v) is 16.6. The molecule has 4 rings (SSSR count). The fourth-order valence-corrected chi connectivity index (χ4v) is 6.97. The van der Waals surface area contributed by atoms with Crippen LogP contribution in [0, 0.1) is 11.3 Å². The van der Waals surface area contributed by atoms with E-state index in [2.05, 4.69) is 19.6 Å². The molecule has 0 unspecified atom stereocenters. The third kappa shape index (κ3) is 4.63. The van der Waals surface area contributed by atoms with Crippen LogP contribution in [0.3, 0.4) is 0 Å². The zero-order valence-electron chi connectivity index (χ0n) is 20.7. The number of methoxy groups -OCH3 is 2. The van der Waals surface area contributed by atoms with Crippen molar-refractivity contribution >= 4 is 13.9 Å². The van der Waals surface area contributed by atoms with Gasteiger partial charge >= 0.3 is 0 Å². The number of ketones is 1. The molecule has 0 aromatic rings. The van der Waals surface area contributed by atoms with Gasteiger partial charge in [-0.1, -0.05) is 25.7 Å². The molecule has 188 valence electrons. The summed E-state index contributed by atoms with van der Waals surface area (Å²) in [6.07, 6.45) is 5.51. The summed E-state index contributed by atoms with van der Waals surface area (Å²) in [4.78, 5) is 13.7. The van der Waals surface area contributed by atoms with Gasteiger partial charge in [0.25, 0.3) is 0 Å². The number of carbonyl (C=O) groups excluding carboxylic acids is 1. The van der Waals surface area contributed by atoms with Gasteiger partial charge in [-0.25, -0.2) is 0 Å². The highest BCUT2D eigenvalue weighted by Gasteiger charge is 2.83. The fraction of sp³-hybridized carbons (Fsp3) is 0.875. The molecule has 0 N–H and O–H groups in total. The molecule has 0 aromatic heterocycles. The SMILES string of the molecule is COCO[C@@H]1[C@H](OCOC)C[C@H]2CC=CC(=O)[C@@]3(CC[C@@H]4O[C@]413)[C@@H]2OCOCC[Si](C)(C)C. The van der Waals surface area contributed by atoms with Crippen LogP contribution >= 0.6 is 0 Å². The van der Waals surface area contributed by atoms with Gasteiger partial charge in [0.15, 0.2) is 5.78 Å². The molecule has 3 aliphatic carbocycles. The molecule has 2 spiro atoms. The minimum absolute atomic E-state index is 0.0545. The molecule has 2 bridgehead atoms. The molecule has 2 saturated carbocycles. The summed E-state index contributed by atoms with van der Waals surface area (Å²) >= 11 is 0. The van der Waals surface area contributed by atoms with Crippen LogP contribution in [-0.4, -0.2) is 85.1 Å². The summed E-state index contributed by atoms with van der Waals surface area (Å²) in [7, 11) is 2.01. The maximum Gasteiger partial charge on any atom is 0.167 e. The van der Waals surface area contributed by atoms with Gasteiger partial charge < -0.3 is 33.2 Å². The number of hydrogen-bond acceptors (Lipinski definition) is 8. The number of rotatable bonds is 12. The minimum Gasteiger partial charge on any atom is -0.362 e. The van der Waals surface area contributed by atoms with Gasteiger partial charge in [0.05, 0.1) is 23.7 Å². The number of epoxide rings is 1. The molecular weight excluding hydrogens is 444 g/mol. The molecule has 1 aliphatic heterocycles. The zero-order valence-corrected chi connectivity index (χ0v) is 21.7. The van der Waals surface area contributed by atoms with E-state index in [0.717, 1.165) is 18.9 Å². The third-order valence-electron chi connectivity index (χ3n) is 7.71. The molecule has 1 saturated heterocycles. The average molecular weight is 485 g/mol. The van der Waals surface area contributed by atoms with Crippen LogP contribution < -0.4 is 0 Å². The first-order valence-electron chi connectivity index (χ1n) is 12.1. The van der Waals surface area contributed by atoms with E-state index >= 15 is 0 Å². The van der Waals surface area contributed by atoms with Crippen molar-refractivity contribution < 1.29 is 38.0 Å². The summed E-state index contributed by atoms with van der Waals surface area (Å²) in [5, 5.41) is 0. The molecule has 8 nitrogen and oxygen atoms in total. The van der Waals surface area contributed by atoms with Gasteiger partial charge in [-0.05, 0) is 43.7 Å². The van der Waals surface area contributed by atoms with E-state index in [-0.39, 0.29) is 50.4 Å². The van der Waals surface area contributed by atoms with E-state index < -0.39 is 25.2 Å². The molecule has 7 atom stereocenters. The lowest BCUT2D eigenvalue weighted by Crippen LogP contribution is -2.59. The Hall–Kier alpha value is -0.653. The molecule has 9 heteroatoms. The lowest BCUT2D eigenvalue weighted by atomic mass is 9.66. The Morgan fingerprint density at radius 1 is 1.06 bits per heavy atom. The van der Waals surface area contributed by atoms with Crippen molar-refractivity contribution in [1.29, 1.82) is 0 Å². The third-order valence-corrected chi connectivity index (χ3v) is 9.41. The van der Waals surface area contributed by atoms with Gasteiger partial charge in [-0.3, -0.25) is 4.79 Å². The first kappa shape index (κ1) is 25.4. The highest BCUT2D eigenvalue weighted by atomic mass is 28.3. The van der Waals surface area contributed by atoms with Gasteiger partial charge in [0.2, 0.25) is 0 Å². The van der Waals surface area contributed by atoms with Crippen molar-refractivity contribution in [3.05, 3.63) is 12.2 Å². The number of hydrogen-bond donors (Lipinski definition) is 0. The van der Waals surface area contributed by atoms with Gasteiger partial charge in [0.1, 0.15) is 32.1 Å². The lowest BCUT2D eigenvalue weighted by Gasteiger charge is -2.42. The summed E-state index contributed by atoms with van der Waals surface area (Å²) in [5.41, 5.74) is -1.60. The number of allylic oxidation sites excluding steroid dienone is 2. The number of ether oxygens (including phenoxy) is 7. The Morgan fingerprint density at radius 2 is 1.79 bits per heavy atom. The maximum atomic E-state index is 13.7. The fourth-order valence-electron chi connectivity index (χ4n) is 6.21. The standard InChI is InChI=1S/C24H40O8Si/c1-26-14-29-18-13-17-7-6-8-19(25)23(21(17)31-16-28-11-12-33(3,4)5)10-9-20-24(23,32-20)22(18)30-15-27-2/h6,8,17-18,20-22H,7,9-16H2,1-5H3/t17-,18-,20+,21-,22-,23+,24-/m1/s1. The Balaban J connectivity index is 1.63. The first-order chi connectivity index (χ1) is 15.8. The van der Waals surface area contributed by atoms with E-state index in [1.165, 1.54) is 0 Å². The van der Waals surface area contributed by atoms with Crippen LogP contribution in [0.1, 0.15) is 25.7 Å². The van der Waals surface area contributed by atoms with Crippen molar-refractivity contribution in [2.75, 3.05) is 41.2 Å². The Labute approximate surface area is 198 Å². The smallest absolute Gasteiger partial charge is 0.167 e. The summed E-state index contributed by atoms with van der Waals surface area (Å²) in [6.45, 7) is 8.08. The molecular formula is C24H40O8Si. The molecule has 0 amide bonds. The van der Waals surface area contributed by atoms with Crippen LogP contribution in [-0.2, 0) is 38.0 Å². The minimum atomic E-state index is -1.19. The Morgan fingerprint density at radius 3 is 2.48 bits per heavy atom. The molecule has 4 aliphatic rings. The second kappa shape index (κ2) is 10.1. The van der Waals surface area contributed by atoms with Crippen LogP contribution in [0.2, 0.25) is 25.7 Å². The molecule has 1 heterocycles. The van der Waals surface area contributed by atoms with Crippen LogP contribution in [0.5, 0.6) is 0 Å². The zero-order chi connectivity index (χ0) is 23.7. The number of carbonyl (C=O) groups is 1. The normalized spacial score (nSPS) is 39.7. The van der Waals surface area contributed by atoms with Crippen LogP contribution in [0.25, 0.3) is 0 Å². The van der Waals surface area contributed by atoms with Gasteiger partial charge in [-0.2, -0.15) is 0 Å².